The van der Waals surface area contributed by atoms with Gasteiger partial charge in [-0.15, -0.1) is 0 Å². The fourth-order valence-corrected chi connectivity index (χ4v) is 1.75. The summed E-state index contributed by atoms with van der Waals surface area (Å²) in [6, 6.07) is 1.98. The molecule has 1 aliphatic rings. The highest BCUT2D eigenvalue weighted by Gasteiger charge is 2.12. The van der Waals surface area contributed by atoms with Crippen LogP contribution < -0.4 is 5.32 Å². The summed E-state index contributed by atoms with van der Waals surface area (Å²) in [6.07, 6.45) is 6.53. The van der Waals surface area contributed by atoms with Crippen molar-refractivity contribution in [1.82, 2.24) is 15.1 Å². The summed E-state index contributed by atoms with van der Waals surface area (Å²) >= 11 is 0. The van der Waals surface area contributed by atoms with Crippen LogP contribution in [0.3, 0.4) is 0 Å². The third-order valence-electron chi connectivity index (χ3n) is 2.40. The van der Waals surface area contributed by atoms with E-state index < -0.39 is 0 Å². The molecule has 0 spiro atoms. The second kappa shape index (κ2) is 3.72. The summed E-state index contributed by atoms with van der Waals surface area (Å²) in [5, 5.41) is 7.61. The first kappa shape index (κ1) is 7.80. The van der Waals surface area contributed by atoms with Crippen molar-refractivity contribution < 1.29 is 0 Å². The normalized spacial score (nSPS) is 24.2. The Morgan fingerprint density at radius 3 is 3.25 bits per heavy atom. The lowest BCUT2D eigenvalue weighted by Gasteiger charge is -2.22. The predicted octanol–water partition coefficient (Wildman–Crippen LogP) is 0.883. The molecule has 0 saturated carbocycles. The average Bonchev–Trinajstić information content (AvgIpc) is 2.59. The van der Waals surface area contributed by atoms with Gasteiger partial charge in [0.2, 0.25) is 0 Å². The van der Waals surface area contributed by atoms with Crippen LogP contribution in [0, 0.1) is 5.92 Å². The molecule has 1 N–H and O–H groups in total. The Balaban J connectivity index is 1.86. The first-order valence-corrected chi connectivity index (χ1v) is 4.63. The molecule has 12 heavy (non-hydrogen) atoms. The molecule has 2 rings (SSSR count). The molecule has 0 bridgehead atoms. The maximum Gasteiger partial charge on any atom is 0.0489 e. The van der Waals surface area contributed by atoms with Gasteiger partial charge in [-0.25, -0.2) is 0 Å². The van der Waals surface area contributed by atoms with Crippen LogP contribution in [0.5, 0.6) is 0 Å². The van der Waals surface area contributed by atoms with E-state index in [4.69, 9.17) is 0 Å². The standard InChI is InChI=1S/C9H15N3/c1-3-9(7-10-4-1)8-12-6-2-5-11-12/h2,5-6,9-10H,1,3-4,7-8H2/t9-/m1/s1. The van der Waals surface area contributed by atoms with Crippen molar-refractivity contribution in [3.8, 4) is 0 Å². The van der Waals surface area contributed by atoms with Crippen LogP contribution in [0.15, 0.2) is 18.5 Å². The topological polar surface area (TPSA) is 29.9 Å². The predicted molar refractivity (Wildman–Crippen MR) is 47.8 cm³/mol. The van der Waals surface area contributed by atoms with Gasteiger partial charge < -0.3 is 5.32 Å². The highest BCUT2D eigenvalue weighted by Crippen LogP contribution is 2.11. The second-order valence-corrected chi connectivity index (χ2v) is 3.44. The van der Waals surface area contributed by atoms with Crippen molar-refractivity contribution in [3.63, 3.8) is 0 Å². The number of hydrogen-bond donors (Lipinski definition) is 1. The van der Waals surface area contributed by atoms with Gasteiger partial charge in [0.25, 0.3) is 0 Å². The molecule has 0 aromatic carbocycles. The summed E-state index contributed by atoms with van der Waals surface area (Å²) in [4.78, 5) is 0. The van der Waals surface area contributed by atoms with E-state index in [0.29, 0.717) is 0 Å². The van der Waals surface area contributed by atoms with E-state index in [1.165, 1.54) is 19.4 Å². The van der Waals surface area contributed by atoms with Crippen LogP contribution in [-0.2, 0) is 6.54 Å². The summed E-state index contributed by atoms with van der Waals surface area (Å²) in [7, 11) is 0. The van der Waals surface area contributed by atoms with Crippen molar-refractivity contribution in [1.29, 1.82) is 0 Å². The minimum atomic E-state index is 0.777. The molecule has 3 heteroatoms. The van der Waals surface area contributed by atoms with E-state index in [2.05, 4.69) is 10.4 Å². The molecule has 3 nitrogen and oxygen atoms in total. The van der Waals surface area contributed by atoms with Gasteiger partial charge in [-0.3, -0.25) is 4.68 Å². The van der Waals surface area contributed by atoms with Crippen LogP contribution in [0.2, 0.25) is 0 Å². The summed E-state index contributed by atoms with van der Waals surface area (Å²) in [6.45, 7) is 3.41. The zero-order chi connectivity index (χ0) is 8.23. The molecule has 1 aromatic rings. The third-order valence-corrected chi connectivity index (χ3v) is 2.40. The lowest BCUT2D eigenvalue weighted by molar-refractivity contribution is 0.325. The number of nitrogens with zero attached hydrogens (tertiary/aromatic N) is 2. The molecule has 1 saturated heterocycles. The van der Waals surface area contributed by atoms with E-state index in [1.54, 1.807) is 0 Å². The summed E-state index contributed by atoms with van der Waals surface area (Å²) < 4.78 is 2.03. The van der Waals surface area contributed by atoms with Crippen LogP contribution in [-0.4, -0.2) is 22.9 Å². The molecular formula is C9H15N3. The Bertz CT molecular complexity index is 212. The van der Waals surface area contributed by atoms with E-state index in [9.17, 15) is 0 Å². The van der Waals surface area contributed by atoms with E-state index >= 15 is 0 Å². The monoisotopic (exact) mass is 165 g/mol. The van der Waals surface area contributed by atoms with Crippen molar-refractivity contribution in [2.75, 3.05) is 13.1 Å². The Kier molecular flexibility index (Phi) is 2.42. The van der Waals surface area contributed by atoms with E-state index in [1.807, 2.05) is 23.1 Å². The molecule has 66 valence electrons. The summed E-state index contributed by atoms with van der Waals surface area (Å²) in [5.41, 5.74) is 0. The maximum atomic E-state index is 4.20. The highest BCUT2D eigenvalue weighted by atomic mass is 15.3. The second-order valence-electron chi connectivity index (χ2n) is 3.44. The van der Waals surface area contributed by atoms with Gasteiger partial charge in [0, 0.05) is 18.9 Å². The SMILES string of the molecule is c1cnn(C[C@@H]2CCCNC2)c1. The molecule has 1 aromatic heterocycles. The Hall–Kier alpha value is -0.830. The van der Waals surface area contributed by atoms with Crippen molar-refractivity contribution in [3.05, 3.63) is 18.5 Å². The first-order valence-electron chi connectivity index (χ1n) is 4.63. The molecular weight excluding hydrogens is 150 g/mol. The van der Waals surface area contributed by atoms with E-state index in [0.717, 1.165) is 19.0 Å². The Morgan fingerprint density at radius 2 is 2.58 bits per heavy atom. The highest BCUT2D eigenvalue weighted by molar-refractivity contribution is 4.79. The molecule has 0 amide bonds. The molecule has 1 fully saturated rings. The molecule has 2 heterocycles. The molecule has 0 unspecified atom stereocenters. The zero-order valence-electron chi connectivity index (χ0n) is 7.24. The largest absolute Gasteiger partial charge is 0.316 e. The van der Waals surface area contributed by atoms with Gasteiger partial charge >= 0.3 is 0 Å². The minimum Gasteiger partial charge on any atom is -0.316 e. The van der Waals surface area contributed by atoms with Gasteiger partial charge in [0.15, 0.2) is 0 Å². The lowest BCUT2D eigenvalue weighted by Crippen LogP contribution is -2.32. The maximum absolute atomic E-state index is 4.20. The van der Waals surface area contributed by atoms with Gasteiger partial charge in [-0.1, -0.05) is 0 Å². The van der Waals surface area contributed by atoms with Crippen LogP contribution in [0.1, 0.15) is 12.8 Å². The van der Waals surface area contributed by atoms with Gasteiger partial charge in [0.05, 0.1) is 0 Å². The number of nitrogens with one attached hydrogen (secondary N) is 1. The van der Waals surface area contributed by atoms with Crippen LogP contribution >= 0.6 is 0 Å². The number of piperidine rings is 1. The van der Waals surface area contributed by atoms with Crippen LogP contribution in [0.4, 0.5) is 0 Å². The van der Waals surface area contributed by atoms with E-state index in [-0.39, 0.29) is 0 Å². The quantitative estimate of drug-likeness (QED) is 0.705. The average molecular weight is 165 g/mol. The van der Waals surface area contributed by atoms with Crippen LogP contribution in [0.25, 0.3) is 0 Å². The van der Waals surface area contributed by atoms with Gasteiger partial charge in [-0.05, 0) is 37.9 Å². The van der Waals surface area contributed by atoms with Crippen molar-refractivity contribution in [2.24, 2.45) is 5.92 Å². The Morgan fingerprint density at radius 1 is 1.58 bits per heavy atom. The zero-order valence-corrected chi connectivity index (χ0v) is 7.24. The first-order chi connectivity index (χ1) is 5.95. The number of hydrogen-bond acceptors (Lipinski definition) is 2. The van der Waals surface area contributed by atoms with Crippen molar-refractivity contribution in [2.45, 2.75) is 19.4 Å². The lowest BCUT2D eigenvalue weighted by atomic mass is 10.00. The van der Waals surface area contributed by atoms with Crippen molar-refractivity contribution >= 4 is 0 Å². The number of rotatable bonds is 2. The minimum absolute atomic E-state index is 0.777. The molecule has 0 aliphatic carbocycles. The Labute approximate surface area is 72.8 Å². The fourth-order valence-electron chi connectivity index (χ4n) is 1.75. The van der Waals surface area contributed by atoms with Gasteiger partial charge in [-0.2, -0.15) is 5.10 Å². The fraction of sp³-hybridized carbons (Fsp3) is 0.667. The third kappa shape index (κ3) is 1.85. The molecule has 0 radical (unpaired) electrons. The smallest absolute Gasteiger partial charge is 0.0489 e. The van der Waals surface area contributed by atoms with Gasteiger partial charge in [0.1, 0.15) is 0 Å². The summed E-state index contributed by atoms with van der Waals surface area (Å²) in [5.74, 6) is 0.777. The molecule has 1 aliphatic heterocycles. The number of aromatic nitrogens is 2. The molecule has 1 atom stereocenters.